The number of carbonyl (C=O) groups is 1. The predicted molar refractivity (Wildman–Crippen MR) is 86.5 cm³/mol. The number of rotatable bonds is 3. The predicted octanol–water partition coefficient (Wildman–Crippen LogP) is 3.52. The molecule has 1 heterocycles. The molecule has 1 aromatic rings. The fourth-order valence-electron chi connectivity index (χ4n) is 1.80. The maximum Gasteiger partial charge on any atom is 0.235 e. The summed E-state index contributed by atoms with van der Waals surface area (Å²) in [7, 11) is 0. The van der Waals surface area contributed by atoms with Crippen LogP contribution in [0.1, 0.15) is 11.6 Å². The van der Waals surface area contributed by atoms with Gasteiger partial charge in [-0.2, -0.15) is 17.0 Å². The Balaban J connectivity index is 2.11. The molecule has 2 atom stereocenters. The third kappa shape index (κ3) is 3.76. The smallest absolute Gasteiger partial charge is 0.235 e. The molecule has 1 N–H and O–H groups in total. The summed E-state index contributed by atoms with van der Waals surface area (Å²) in [4.78, 5) is 12.2. The Morgan fingerprint density at radius 3 is 2.90 bits per heavy atom. The minimum atomic E-state index is -0.777. The first kappa shape index (κ1) is 15.8. The van der Waals surface area contributed by atoms with E-state index in [0.717, 1.165) is 17.3 Å². The van der Waals surface area contributed by atoms with E-state index in [1.807, 2.05) is 0 Å². The van der Waals surface area contributed by atoms with E-state index in [4.69, 9.17) is 23.2 Å². The monoisotopic (exact) mass is 346 g/mol. The molecule has 0 saturated carbocycles. The van der Waals surface area contributed by atoms with Gasteiger partial charge in [0, 0.05) is 22.8 Å². The summed E-state index contributed by atoms with van der Waals surface area (Å²) >= 11 is 15.4. The van der Waals surface area contributed by atoms with Crippen LogP contribution >= 0.6 is 46.7 Å². The van der Waals surface area contributed by atoms with Gasteiger partial charge in [-0.25, -0.2) is 0 Å². The van der Waals surface area contributed by atoms with E-state index >= 15 is 0 Å². The second-order valence-corrected chi connectivity index (χ2v) is 7.39. The second-order valence-electron chi connectivity index (χ2n) is 4.15. The van der Waals surface area contributed by atoms with E-state index in [2.05, 4.69) is 11.4 Å². The molecular weight excluding hydrogens is 335 g/mol. The highest BCUT2D eigenvalue weighted by Gasteiger charge is 2.26. The van der Waals surface area contributed by atoms with Crippen LogP contribution in [0.3, 0.4) is 0 Å². The zero-order chi connectivity index (χ0) is 14.5. The lowest BCUT2D eigenvalue weighted by Gasteiger charge is -2.22. The van der Waals surface area contributed by atoms with Gasteiger partial charge in [0.25, 0.3) is 0 Å². The number of thioether (sulfide) groups is 2. The van der Waals surface area contributed by atoms with Gasteiger partial charge in [-0.1, -0.05) is 35.3 Å². The van der Waals surface area contributed by atoms with E-state index in [1.54, 1.807) is 41.7 Å². The Kier molecular flexibility index (Phi) is 5.91. The van der Waals surface area contributed by atoms with Crippen LogP contribution in [0.15, 0.2) is 18.2 Å². The lowest BCUT2D eigenvalue weighted by Crippen LogP contribution is -2.38. The molecule has 7 heteroatoms. The molecule has 0 spiro atoms. The van der Waals surface area contributed by atoms with E-state index in [0.29, 0.717) is 15.6 Å². The number of hydrogen-bond acceptors (Lipinski definition) is 4. The van der Waals surface area contributed by atoms with Gasteiger partial charge in [0.05, 0.1) is 21.4 Å². The summed E-state index contributed by atoms with van der Waals surface area (Å²) in [5.74, 6) is 2.68. The summed E-state index contributed by atoms with van der Waals surface area (Å²) in [5, 5.41) is 12.6. The van der Waals surface area contributed by atoms with Crippen molar-refractivity contribution >= 4 is 52.6 Å². The average Bonchev–Trinajstić information content (AvgIpc) is 2.48. The number of carbonyl (C=O) groups excluding carboxylic acids is 1. The maximum atomic E-state index is 12.2. The highest BCUT2D eigenvalue weighted by molar-refractivity contribution is 8.07. The number of amides is 1. The zero-order valence-electron chi connectivity index (χ0n) is 10.4. The lowest BCUT2D eigenvalue weighted by molar-refractivity contribution is -0.120. The highest BCUT2D eigenvalue weighted by atomic mass is 35.5. The number of nitrogens with zero attached hydrogens (tertiary/aromatic N) is 1. The van der Waals surface area contributed by atoms with Crippen molar-refractivity contribution in [2.75, 3.05) is 17.3 Å². The van der Waals surface area contributed by atoms with E-state index in [-0.39, 0.29) is 11.2 Å². The van der Waals surface area contributed by atoms with Gasteiger partial charge in [-0.3, -0.25) is 4.79 Å². The summed E-state index contributed by atoms with van der Waals surface area (Å²) in [6.07, 6.45) is 0. The van der Waals surface area contributed by atoms with Crippen molar-refractivity contribution in [2.24, 2.45) is 0 Å². The summed E-state index contributed by atoms with van der Waals surface area (Å²) in [6, 6.07) is 6.35. The van der Waals surface area contributed by atoms with Crippen molar-refractivity contribution in [3.63, 3.8) is 0 Å². The molecular formula is C13H12Cl2N2OS2. The van der Waals surface area contributed by atoms with Crippen LogP contribution in [0.5, 0.6) is 0 Å². The first-order valence-corrected chi connectivity index (χ1v) is 8.92. The van der Waals surface area contributed by atoms with Gasteiger partial charge in [0.15, 0.2) is 0 Å². The van der Waals surface area contributed by atoms with E-state index < -0.39 is 6.04 Å². The number of hydrogen-bond donors (Lipinski definition) is 1. The fourth-order valence-corrected chi connectivity index (χ4v) is 4.78. The number of nitrogens with one attached hydrogen (secondary N) is 1. The Labute approximate surface area is 136 Å². The summed E-state index contributed by atoms with van der Waals surface area (Å²) in [6.45, 7) is 0. The maximum absolute atomic E-state index is 12.2. The number of halogens is 2. The van der Waals surface area contributed by atoms with E-state index in [1.165, 1.54) is 0 Å². The molecule has 0 radical (unpaired) electrons. The first-order valence-electron chi connectivity index (χ1n) is 5.96. The molecule has 0 aromatic heterocycles. The normalized spacial score (nSPS) is 19.9. The standard InChI is InChI=1S/C13H12Cl2N2OS2/c14-9-3-1-2-8(12(9)15)10(6-16)17-13(18)11-7-19-4-5-20-11/h1-3,10-11H,4-5,7H2,(H,17,18)/t10-,11-/m1/s1. The zero-order valence-corrected chi connectivity index (χ0v) is 13.6. The molecule has 20 heavy (non-hydrogen) atoms. The molecule has 1 aromatic carbocycles. The van der Waals surface area contributed by atoms with Crippen molar-refractivity contribution < 1.29 is 4.79 Å². The largest absolute Gasteiger partial charge is 0.336 e. The molecule has 1 fully saturated rings. The van der Waals surface area contributed by atoms with Crippen LogP contribution in [0, 0.1) is 11.3 Å². The second kappa shape index (κ2) is 7.46. The third-order valence-corrected chi connectivity index (χ3v) is 6.40. The minimum Gasteiger partial charge on any atom is -0.336 e. The Bertz CT molecular complexity index is 542. The molecule has 3 nitrogen and oxygen atoms in total. The van der Waals surface area contributed by atoms with Crippen LogP contribution in [-0.2, 0) is 4.79 Å². The van der Waals surface area contributed by atoms with Gasteiger partial charge in [0.2, 0.25) is 5.91 Å². The van der Waals surface area contributed by atoms with Gasteiger partial charge < -0.3 is 5.32 Å². The molecule has 1 aliphatic heterocycles. The van der Waals surface area contributed by atoms with Crippen molar-refractivity contribution in [3.8, 4) is 6.07 Å². The number of nitriles is 1. The fraction of sp³-hybridized carbons (Fsp3) is 0.385. The Morgan fingerprint density at radius 1 is 1.45 bits per heavy atom. The third-order valence-electron chi connectivity index (χ3n) is 2.82. The molecule has 1 aliphatic rings. The molecule has 0 unspecified atom stereocenters. The average molecular weight is 347 g/mol. The topological polar surface area (TPSA) is 52.9 Å². The van der Waals surface area contributed by atoms with Gasteiger partial charge in [0.1, 0.15) is 6.04 Å². The number of benzene rings is 1. The van der Waals surface area contributed by atoms with Crippen LogP contribution in [-0.4, -0.2) is 28.4 Å². The molecule has 106 valence electrons. The molecule has 0 aliphatic carbocycles. The molecule has 0 bridgehead atoms. The van der Waals surface area contributed by atoms with Gasteiger partial charge in [-0.05, 0) is 6.07 Å². The van der Waals surface area contributed by atoms with Crippen LogP contribution in [0.25, 0.3) is 0 Å². The SMILES string of the molecule is N#C[C@@H](NC(=O)[C@H]1CSCCS1)c1cccc(Cl)c1Cl. The summed E-state index contributed by atoms with van der Waals surface area (Å²) in [5.41, 5.74) is 0.531. The van der Waals surface area contributed by atoms with Crippen molar-refractivity contribution in [3.05, 3.63) is 33.8 Å². The van der Waals surface area contributed by atoms with Crippen molar-refractivity contribution in [1.29, 1.82) is 5.26 Å². The molecule has 1 amide bonds. The van der Waals surface area contributed by atoms with Crippen molar-refractivity contribution in [2.45, 2.75) is 11.3 Å². The molecule has 2 rings (SSSR count). The minimum absolute atomic E-state index is 0.109. The Hall–Kier alpha value is -0.540. The van der Waals surface area contributed by atoms with Crippen LogP contribution in [0.2, 0.25) is 10.0 Å². The van der Waals surface area contributed by atoms with Gasteiger partial charge in [-0.15, -0.1) is 11.8 Å². The van der Waals surface area contributed by atoms with Crippen LogP contribution in [0.4, 0.5) is 0 Å². The molecule has 1 saturated heterocycles. The van der Waals surface area contributed by atoms with Gasteiger partial charge >= 0.3 is 0 Å². The summed E-state index contributed by atoms with van der Waals surface area (Å²) < 4.78 is 0. The quantitative estimate of drug-likeness (QED) is 0.909. The highest BCUT2D eigenvalue weighted by Crippen LogP contribution is 2.30. The van der Waals surface area contributed by atoms with Crippen LogP contribution < -0.4 is 5.32 Å². The van der Waals surface area contributed by atoms with E-state index in [9.17, 15) is 10.1 Å². The first-order chi connectivity index (χ1) is 9.63. The van der Waals surface area contributed by atoms with Crippen molar-refractivity contribution in [1.82, 2.24) is 5.32 Å². The Morgan fingerprint density at radius 2 is 2.25 bits per heavy atom. The lowest BCUT2D eigenvalue weighted by atomic mass is 10.1.